The van der Waals surface area contributed by atoms with Crippen molar-refractivity contribution in [1.29, 1.82) is 0 Å². The van der Waals surface area contributed by atoms with E-state index in [0.29, 0.717) is 32.4 Å². The number of benzene rings is 1. The summed E-state index contributed by atoms with van der Waals surface area (Å²) < 4.78 is 1.73. The summed E-state index contributed by atoms with van der Waals surface area (Å²) in [6.07, 6.45) is 6.07. The molecule has 0 saturated carbocycles. The van der Waals surface area contributed by atoms with Gasteiger partial charge in [-0.2, -0.15) is 5.10 Å². The van der Waals surface area contributed by atoms with Gasteiger partial charge in [0.15, 0.2) is 0 Å². The Bertz CT molecular complexity index is 726. The van der Waals surface area contributed by atoms with Crippen molar-refractivity contribution in [1.82, 2.24) is 20.0 Å². The van der Waals surface area contributed by atoms with Crippen molar-refractivity contribution >= 4 is 11.8 Å². The standard InChI is InChI=1S/C19H24N4O2/c1-22-14-16(13-21-22)8-9-18(24)23-11-5-10-20-19(25)17(23)12-15-6-3-2-4-7-15/h2-4,6-7,13-14,17H,5,8-12H2,1H3,(H,20,25). The number of nitrogens with one attached hydrogen (secondary N) is 1. The lowest BCUT2D eigenvalue weighted by Gasteiger charge is -2.28. The van der Waals surface area contributed by atoms with Crippen LogP contribution in [0, 0.1) is 0 Å². The number of hydrogen-bond acceptors (Lipinski definition) is 3. The summed E-state index contributed by atoms with van der Waals surface area (Å²) in [5, 5.41) is 7.06. The van der Waals surface area contributed by atoms with Crippen LogP contribution in [0.2, 0.25) is 0 Å². The molecule has 1 atom stereocenters. The molecule has 6 nitrogen and oxygen atoms in total. The van der Waals surface area contributed by atoms with Crippen LogP contribution in [0.4, 0.5) is 0 Å². The van der Waals surface area contributed by atoms with E-state index in [-0.39, 0.29) is 11.8 Å². The Morgan fingerprint density at radius 1 is 1.28 bits per heavy atom. The second-order valence-electron chi connectivity index (χ2n) is 6.46. The van der Waals surface area contributed by atoms with Crippen molar-refractivity contribution in [2.24, 2.45) is 7.05 Å². The molecule has 1 fully saturated rings. The van der Waals surface area contributed by atoms with Gasteiger partial charge in [-0.3, -0.25) is 14.3 Å². The summed E-state index contributed by atoms with van der Waals surface area (Å²) in [5.41, 5.74) is 2.10. The lowest BCUT2D eigenvalue weighted by atomic mass is 10.0. The average Bonchev–Trinajstić information content (AvgIpc) is 2.95. The Balaban J connectivity index is 1.70. The molecule has 1 N–H and O–H groups in total. The van der Waals surface area contributed by atoms with Crippen LogP contribution in [0.25, 0.3) is 0 Å². The highest BCUT2D eigenvalue weighted by molar-refractivity contribution is 5.88. The fraction of sp³-hybridized carbons (Fsp3) is 0.421. The molecule has 1 aliphatic rings. The average molecular weight is 340 g/mol. The third kappa shape index (κ3) is 4.47. The highest BCUT2D eigenvalue weighted by atomic mass is 16.2. The van der Waals surface area contributed by atoms with Crippen LogP contribution >= 0.6 is 0 Å². The van der Waals surface area contributed by atoms with Crippen LogP contribution in [0.15, 0.2) is 42.7 Å². The zero-order valence-electron chi connectivity index (χ0n) is 14.5. The number of hydrogen-bond donors (Lipinski definition) is 1. The molecule has 1 saturated heterocycles. The third-order valence-corrected chi connectivity index (χ3v) is 4.53. The number of aromatic nitrogens is 2. The van der Waals surface area contributed by atoms with Crippen LogP contribution < -0.4 is 5.32 Å². The Morgan fingerprint density at radius 2 is 2.08 bits per heavy atom. The Hall–Kier alpha value is -2.63. The number of aryl methyl sites for hydroxylation is 2. The van der Waals surface area contributed by atoms with Gasteiger partial charge in [0.05, 0.1) is 6.20 Å². The SMILES string of the molecule is Cn1cc(CCC(=O)N2CCCNC(=O)C2Cc2ccccc2)cn1. The summed E-state index contributed by atoms with van der Waals surface area (Å²) in [5.74, 6) is -0.0297. The van der Waals surface area contributed by atoms with Crippen molar-refractivity contribution in [2.75, 3.05) is 13.1 Å². The summed E-state index contributed by atoms with van der Waals surface area (Å²) in [6, 6.07) is 9.42. The molecular weight excluding hydrogens is 316 g/mol. The maximum atomic E-state index is 12.8. The van der Waals surface area contributed by atoms with Crippen molar-refractivity contribution < 1.29 is 9.59 Å². The molecule has 0 aliphatic carbocycles. The summed E-state index contributed by atoms with van der Waals surface area (Å²) in [4.78, 5) is 27.0. The molecule has 2 amide bonds. The van der Waals surface area contributed by atoms with Gasteiger partial charge < -0.3 is 10.2 Å². The third-order valence-electron chi connectivity index (χ3n) is 4.53. The summed E-state index contributed by atoms with van der Waals surface area (Å²) >= 11 is 0. The van der Waals surface area contributed by atoms with E-state index in [1.807, 2.05) is 43.6 Å². The fourth-order valence-corrected chi connectivity index (χ4v) is 3.21. The molecule has 1 aliphatic heterocycles. The van der Waals surface area contributed by atoms with Crippen LogP contribution in [0.5, 0.6) is 0 Å². The summed E-state index contributed by atoms with van der Waals surface area (Å²) in [7, 11) is 1.86. The smallest absolute Gasteiger partial charge is 0.243 e. The van der Waals surface area contributed by atoms with Crippen LogP contribution in [-0.2, 0) is 29.5 Å². The number of amides is 2. The molecular formula is C19H24N4O2. The molecule has 3 rings (SSSR count). The van der Waals surface area contributed by atoms with Crippen molar-refractivity contribution in [2.45, 2.75) is 31.7 Å². The Morgan fingerprint density at radius 3 is 2.80 bits per heavy atom. The molecule has 6 heteroatoms. The molecule has 0 radical (unpaired) electrons. The van der Waals surface area contributed by atoms with Gasteiger partial charge in [-0.05, 0) is 24.0 Å². The minimum atomic E-state index is -0.439. The molecule has 25 heavy (non-hydrogen) atoms. The summed E-state index contributed by atoms with van der Waals surface area (Å²) in [6.45, 7) is 1.23. The number of nitrogens with zero attached hydrogens (tertiary/aromatic N) is 3. The molecule has 1 aromatic heterocycles. The first kappa shape index (κ1) is 17.2. The highest BCUT2D eigenvalue weighted by Crippen LogP contribution is 2.15. The van der Waals surface area contributed by atoms with E-state index in [4.69, 9.17) is 0 Å². The van der Waals surface area contributed by atoms with Gasteiger partial charge in [-0.1, -0.05) is 30.3 Å². The van der Waals surface area contributed by atoms with Crippen LogP contribution in [0.3, 0.4) is 0 Å². The first-order valence-electron chi connectivity index (χ1n) is 8.72. The molecule has 1 aromatic carbocycles. The molecule has 0 spiro atoms. The number of carbonyl (C=O) groups is 2. The highest BCUT2D eigenvalue weighted by Gasteiger charge is 2.31. The second-order valence-corrected chi connectivity index (χ2v) is 6.46. The molecule has 1 unspecified atom stereocenters. The van der Waals surface area contributed by atoms with Crippen LogP contribution in [-0.4, -0.2) is 45.6 Å². The molecule has 0 bridgehead atoms. The zero-order valence-corrected chi connectivity index (χ0v) is 14.5. The van der Waals surface area contributed by atoms with Crippen molar-refractivity contribution in [3.8, 4) is 0 Å². The lowest BCUT2D eigenvalue weighted by Crippen LogP contribution is -2.48. The van der Waals surface area contributed by atoms with E-state index in [0.717, 1.165) is 17.5 Å². The minimum absolute atomic E-state index is 0.0295. The molecule has 132 valence electrons. The normalized spacial score (nSPS) is 17.9. The van der Waals surface area contributed by atoms with E-state index < -0.39 is 6.04 Å². The topological polar surface area (TPSA) is 67.2 Å². The molecule has 2 aromatic rings. The van der Waals surface area contributed by atoms with E-state index in [1.165, 1.54) is 0 Å². The monoisotopic (exact) mass is 340 g/mol. The maximum absolute atomic E-state index is 12.8. The quantitative estimate of drug-likeness (QED) is 0.892. The van der Waals surface area contributed by atoms with Gasteiger partial charge in [0.25, 0.3) is 0 Å². The van der Waals surface area contributed by atoms with E-state index in [9.17, 15) is 9.59 Å². The van der Waals surface area contributed by atoms with Gasteiger partial charge in [0, 0.05) is 39.2 Å². The predicted molar refractivity (Wildman–Crippen MR) is 94.8 cm³/mol. The lowest BCUT2D eigenvalue weighted by molar-refractivity contribution is -0.139. The number of rotatable bonds is 5. The Labute approximate surface area is 147 Å². The molecule has 2 heterocycles. The maximum Gasteiger partial charge on any atom is 0.243 e. The predicted octanol–water partition coefficient (Wildman–Crippen LogP) is 1.31. The fourth-order valence-electron chi connectivity index (χ4n) is 3.21. The van der Waals surface area contributed by atoms with Gasteiger partial charge in [0.1, 0.15) is 6.04 Å². The van der Waals surface area contributed by atoms with Gasteiger partial charge in [-0.25, -0.2) is 0 Å². The van der Waals surface area contributed by atoms with Gasteiger partial charge in [-0.15, -0.1) is 0 Å². The van der Waals surface area contributed by atoms with E-state index in [2.05, 4.69) is 10.4 Å². The van der Waals surface area contributed by atoms with Crippen molar-refractivity contribution in [3.63, 3.8) is 0 Å². The van der Waals surface area contributed by atoms with E-state index >= 15 is 0 Å². The minimum Gasteiger partial charge on any atom is -0.354 e. The van der Waals surface area contributed by atoms with Gasteiger partial charge >= 0.3 is 0 Å². The zero-order chi connectivity index (χ0) is 17.6. The van der Waals surface area contributed by atoms with Gasteiger partial charge in [0.2, 0.25) is 11.8 Å². The van der Waals surface area contributed by atoms with Crippen LogP contribution in [0.1, 0.15) is 24.0 Å². The largest absolute Gasteiger partial charge is 0.354 e. The first-order chi connectivity index (χ1) is 12.1. The first-order valence-corrected chi connectivity index (χ1v) is 8.72. The Kier molecular flexibility index (Phi) is 5.48. The number of carbonyl (C=O) groups excluding carboxylic acids is 2. The van der Waals surface area contributed by atoms with Crippen molar-refractivity contribution in [3.05, 3.63) is 53.9 Å². The van der Waals surface area contributed by atoms with E-state index in [1.54, 1.807) is 15.8 Å². The second kappa shape index (κ2) is 7.96.